The summed E-state index contributed by atoms with van der Waals surface area (Å²) >= 11 is 0. The van der Waals surface area contributed by atoms with E-state index in [4.69, 9.17) is 0 Å². The lowest BCUT2D eigenvalue weighted by Gasteiger charge is -2.29. The number of rotatable bonds is 5. The van der Waals surface area contributed by atoms with Crippen LogP contribution in [0.4, 0.5) is 0 Å². The second kappa shape index (κ2) is 4.62. The second-order valence-corrected chi connectivity index (χ2v) is 5.08. The maximum atomic E-state index is 10.8. The SMILES string of the molecule is CN(C)CC(C)(C)Cn1cccc1C=O. The van der Waals surface area contributed by atoms with Crippen LogP contribution in [0.5, 0.6) is 0 Å². The van der Waals surface area contributed by atoms with Crippen LogP contribution in [0.25, 0.3) is 0 Å². The molecule has 1 aromatic rings. The van der Waals surface area contributed by atoms with Crippen LogP contribution in [-0.2, 0) is 6.54 Å². The average Bonchev–Trinajstić information content (AvgIpc) is 2.48. The van der Waals surface area contributed by atoms with Gasteiger partial charge in [0.1, 0.15) is 0 Å². The number of aldehydes is 1. The highest BCUT2D eigenvalue weighted by molar-refractivity contribution is 5.72. The first-order valence-electron chi connectivity index (χ1n) is 5.20. The zero-order valence-electron chi connectivity index (χ0n) is 10.0. The fourth-order valence-electron chi connectivity index (χ4n) is 2.05. The number of carbonyl (C=O) groups excluding carboxylic acids is 1. The van der Waals surface area contributed by atoms with E-state index in [9.17, 15) is 4.79 Å². The summed E-state index contributed by atoms with van der Waals surface area (Å²) in [7, 11) is 4.14. The summed E-state index contributed by atoms with van der Waals surface area (Å²) in [5.74, 6) is 0. The van der Waals surface area contributed by atoms with E-state index in [2.05, 4.69) is 32.8 Å². The highest BCUT2D eigenvalue weighted by atomic mass is 16.1. The van der Waals surface area contributed by atoms with Crippen molar-refractivity contribution in [1.29, 1.82) is 0 Å². The number of carbonyl (C=O) groups is 1. The van der Waals surface area contributed by atoms with E-state index in [0.717, 1.165) is 25.1 Å². The minimum absolute atomic E-state index is 0.167. The third kappa shape index (κ3) is 3.51. The van der Waals surface area contributed by atoms with Crippen LogP contribution in [0.3, 0.4) is 0 Å². The maximum Gasteiger partial charge on any atom is 0.166 e. The molecule has 0 unspecified atom stereocenters. The Bertz CT molecular complexity index is 326. The van der Waals surface area contributed by atoms with E-state index in [-0.39, 0.29) is 5.41 Å². The van der Waals surface area contributed by atoms with Gasteiger partial charge in [-0.2, -0.15) is 0 Å². The summed E-state index contributed by atoms with van der Waals surface area (Å²) < 4.78 is 2.01. The zero-order chi connectivity index (χ0) is 11.5. The Morgan fingerprint density at radius 3 is 2.67 bits per heavy atom. The molecule has 1 rings (SSSR count). The summed E-state index contributed by atoms with van der Waals surface area (Å²) in [5.41, 5.74) is 0.919. The van der Waals surface area contributed by atoms with Crippen LogP contribution in [0.1, 0.15) is 24.3 Å². The van der Waals surface area contributed by atoms with E-state index in [1.54, 1.807) is 0 Å². The van der Waals surface area contributed by atoms with Crippen molar-refractivity contribution in [2.24, 2.45) is 5.41 Å². The molecule has 3 nitrogen and oxygen atoms in total. The van der Waals surface area contributed by atoms with Gasteiger partial charge in [-0.15, -0.1) is 0 Å². The maximum absolute atomic E-state index is 10.8. The van der Waals surface area contributed by atoms with Gasteiger partial charge in [0.05, 0.1) is 5.69 Å². The quantitative estimate of drug-likeness (QED) is 0.690. The average molecular weight is 208 g/mol. The Kier molecular flexibility index (Phi) is 3.69. The molecule has 84 valence electrons. The number of hydrogen-bond acceptors (Lipinski definition) is 2. The molecule has 3 heteroatoms. The van der Waals surface area contributed by atoms with E-state index in [1.165, 1.54) is 0 Å². The lowest BCUT2D eigenvalue weighted by molar-refractivity contribution is 0.111. The molecule has 0 bridgehead atoms. The van der Waals surface area contributed by atoms with Crippen molar-refractivity contribution in [3.05, 3.63) is 24.0 Å². The fourth-order valence-corrected chi connectivity index (χ4v) is 2.05. The summed E-state index contributed by atoms with van der Waals surface area (Å²) in [6.45, 7) is 6.29. The standard InChI is InChI=1S/C12H20N2O/c1-12(2,9-13(3)4)10-14-7-5-6-11(14)8-15/h5-8H,9-10H2,1-4H3. The monoisotopic (exact) mass is 208 g/mol. The molecule has 0 aromatic carbocycles. The molecule has 0 aliphatic heterocycles. The molecule has 0 aliphatic carbocycles. The number of nitrogens with zero attached hydrogens (tertiary/aromatic N) is 2. The largest absolute Gasteiger partial charge is 0.345 e. The first-order chi connectivity index (χ1) is 6.94. The van der Waals surface area contributed by atoms with Crippen LogP contribution >= 0.6 is 0 Å². The topological polar surface area (TPSA) is 25.2 Å². The Balaban J connectivity index is 2.72. The second-order valence-electron chi connectivity index (χ2n) is 5.08. The molecule has 0 saturated carbocycles. The minimum atomic E-state index is 0.167. The van der Waals surface area contributed by atoms with Gasteiger partial charge < -0.3 is 9.47 Å². The van der Waals surface area contributed by atoms with Crippen LogP contribution in [0.2, 0.25) is 0 Å². The van der Waals surface area contributed by atoms with Gasteiger partial charge >= 0.3 is 0 Å². The van der Waals surface area contributed by atoms with Gasteiger partial charge in [0, 0.05) is 19.3 Å². The van der Waals surface area contributed by atoms with Crippen LogP contribution in [0, 0.1) is 5.41 Å². The van der Waals surface area contributed by atoms with E-state index in [0.29, 0.717) is 0 Å². The number of hydrogen-bond donors (Lipinski definition) is 0. The Morgan fingerprint density at radius 2 is 2.13 bits per heavy atom. The molecule has 0 radical (unpaired) electrons. The first kappa shape index (κ1) is 12.0. The molecule has 0 spiro atoms. The zero-order valence-corrected chi connectivity index (χ0v) is 10.0. The molecule has 0 atom stereocenters. The minimum Gasteiger partial charge on any atom is -0.345 e. The summed E-state index contributed by atoms with van der Waals surface area (Å²) in [6.07, 6.45) is 2.87. The molecule has 0 fully saturated rings. The van der Waals surface area contributed by atoms with Crippen molar-refractivity contribution in [3.8, 4) is 0 Å². The van der Waals surface area contributed by atoms with Gasteiger partial charge in [0.2, 0.25) is 0 Å². The van der Waals surface area contributed by atoms with Crippen molar-refractivity contribution in [1.82, 2.24) is 9.47 Å². The first-order valence-corrected chi connectivity index (χ1v) is 5.20. The van der Waals surface area contributed by atoms with Crippen molar-refractivity contribution in [3.63, 3.8) is 0 Å². The highest BCUT2D eigenvalue weighted by Crippen LogP contribution is 2.19. The van der Waals surface area contributed by atoms with Gasteiger partial charge in [0.25, 0.3) is 0 Å². The molecule has 0 aliphatic rings. The molecule has 15 heavy (non-hydrogen) atoms. The van der Waals surface area contributed by atoms with Crippen molar-refractivity contribution < 1.29 is 4.79 Å². The van der Waals surface area contributed by atoms with Crippen LogP contribution in [-0.4, -0.2) is 36.4 Å². The molecule has 0 amide bonds. The Labute approximate surface area is 91.7 Å². The van der Waals surface area contributed by atoms with E-state index >= 15 is 0 Å². The summed E-state index contributed by atoms with van der Waals surface area (Å²) in [5, 5.41) is 0. The number of aromatic nitrogens is 1. The Morgan fingerprint density at radius 1 is 1.47 bits per heavy atom. The summed E-state index contributed by atoms with van der Waals surface area (Å²) in [6, 6.07) is 3.76. The van der Waals surface area contributed by atoms with Gasteiger partial charge in [-0.25, -0.2) is 0 Å². The van der Waals surface area contributed by atoms with E-state index < -0.39 is 0 Å². The molecule has 1 heterocycles. The predicted molar refractivity (Wildman–Crippen MR) is 62.2 cm³/mol. The highest BCUT2D eigenvalue weighted by Gasteiger charge is 2.20. The normalized spacial score (nSPS) is 12.1. The van der Waals surface area contributed by atoms with Crippen molar-refractivity contribution in [2.75, 3.05) is 20.6 Å². The third-order valence-electron chi connectivity index (χ3n) is 2.33. The van der Waals surface area contributed by atoms with Crippen molar-refractivity contribution >= 4 is 6.29 Å². The molecule has 1 aromatic heterocycles. The van der Waals surface area contributed by atoms with Gasteiger partial charge in [-0.3, -0.25) is 4.79 Å². The van der Waals surface area contributed by atoms with Gasteiger partial charge in [0.15, 0.2) is 6.29 Å². The Hall–Kier alpha value is -1.09. The predicted octanol–water partition coefficient (Wildman–Crippen LogP) is 1.89. The fraction of sp³-hybridized carbons (Fsp3) is 0.583. The molecule has 0 saturated heterocycles. The molecular formula is C12H20N2O. The lowest BCUT2D eigenvalue weighted by Crippen LogP contribution is -2.32. The molecule has 0 N–H and O–H groups in total. The van der Waals surface area contributed by atoms with Crippen molar-refractivity contribution in [2.45, 2.75) is 20.4 Å². The molecular weight excluding hydrogens is 188 g/mol. The third-order valence-corrected chi connectivity index (χ3v) is 2.33. The lowest BCUT2D eigenvalue weighted by atomic mass is 9.93. The van der Waals surface area contributed by atoms with Gasteiger partial charge in [-0.1, -0.05) is 13.8 Å². The van der Waals surface area contributed by atoms with E-state index in [1.807, 2.05) is 22.9 Å². The van der Waals surface area contributed by atoms with Gasteiger partial charge in [-0.05, 0) is 31.6 Å². The van der Waals surface area contributed by atoms with Crippen LogP contribution in [0.15, 0.2) is 18.3 Å². The van der Waals surface area contributed by atoms with Crippen LogP contribution < -0.4 is 0 Å². The summed E-state index contributed by atoms with van der Waals surface area (Å²) in [4.78, 5) is 12.9. The smallest absolute Gasteiger partial charge is 0.166 e.